The number of benzene rings is 1. The number of rotatable bonds is 14. The van der Waals surface area contributed by atoms with Crippen LogP contribution in [-0.4, -0.2) is 120 Å². The molecule has 270 valence electrons. The van der Waals surface area contributed by atoms with Crippen LogP contribution in [0.1, 0.15) is 91.0 Å². The predicted molar refractivity (Wildman–Crippen MR) is 186 cm³/mol. The molecule has 1 aromatic carbocycles. The number of aliphatic hydroxyl groups excluding tert-OH is 1. The molecule has 2 heterocycles. The van der Waals surface area contributed by atoms with Gasteiger partial charge in [0.15, 0.2) is 0 Å². The van der Waals surface area contributed by atoms with Crippen LogP contribution in [0.15, 0.2) is 30.3 Å². The van der Waals surface area contributed by atoms with Gasteiger partial charge in [-0.25, -0.2) is 4.79 Å². The second kappa shape index (κ2) is 18.3. The summed E-state index contributed by atoms with van der Waals surface area (Å²) in [5, 5.41) is 17.8. The SMILES string of the molecule is CCCCN(C(=O)[C@H](NC(=O)OC(C)(C)C)[C@H](O)C1CCCCC1)C1(C(=O)NCCN2CCOCC2)CCN(Cc2ccccc2)CC1. The van der Waals surface area contributed by atoms with Crippen LogP contribution in [0.2, 0.25) is 0 Å². The van der Waals surface area contributed by atoms with E-state index in [0.717, 1.165) is 58.2 Å². The third-order valence-corrected chi connectivity index (χ3v) is 10.1. The van der Waals surface area contributed by atoms with Crippen LogP contribution in [0.4, 0.5) is 4.79 Å². The molecular weight excluding hydrogens is 610 g/mol. The number of unbranched alkanes of at least 4 members (excludes halogenated alkanes) is 1. The van der Waals surface area contributed by atoms with Crippen molar-refractivity contribution in [3.05, 3.63) is 35.9 Å². The Bertz CT molecular complexity index is 1140. The van der Waals surface area contributed by atoms with E-state index in [1.165, 1.54) is 5.56 Å². The monoisotopic (exact) mass is 671 g/mol. The van der Waals surface area contributed by atoms with Crippen molar-refractivity contribution >= 4 is 17.9 Å². The number of nitrogens with zero attached hydrogens (tertiary/aromatic N) is 3. The number of morpholine rings is 1. The number of aliphatic hydroxyl groups is 1. The van der Waals surface area contributed by atoms with Gasteiger partial charge in [-0.05, 0) is 64.4 Å². The van der Waals surface area contributed by atoms with E-state index in [-0.39, 0.29) is 11.8 Å². The van der Waals surface area contributed by atoms with E-state index >= 15 is 0 Å². The van der Waals surface area contributed by atoms with Gasteiger partial charge in [-0.2, -0.15) is 0 Å². The van der Waals surface area contributed by atoms with Crippen LogP contribution in [0.25, 0.3) is 0 Å². The molecule has 3 N–H and O–H groups in total. The number of piperidine rings is 1. The van der Waals surface area contributed by atoms with E-state index in [2.05, 4.69) is 39.5 Å². The van der Waals surface area contributed by atoms with Gasteiger partial charge in [-0.1, -0.05) is 62.9 Å². The summed E-state index contributed by atoms with van der Waals surface area (Å²) in [5.41, 5.74) is -0.691. The van der Waals surface area contributed by atoms with E-state index in [1.807, 2.05) is 18.2 Å². The molecule has 2 atom stereocenters. The Morgan fingerprint density at radius 2 is 1.69 bits per heavy atom. The van der Waals surface area contributed by atoms with Gasteiger partial charge >= 0.3 is 6.09 Å². The average molecular weight is 672 g/mol. The Labute approximate surface area is 288 Å². The molecule has 1 aliphatic carbocycles. The molecule has 48 heavy (non-hydrogen) atoms. The summed E-state index contributed by atoms with van der Waals surface area (Å²) in [5.74, 6) is -0.698. The van der Waals surface area contributed by atoms with Gasteiger partial charge in [-0.15, -0.1) is 0 Å². The smallest absolute Gasteiger partial charge is 0.408 e. The van der Waals surface area contributed by atoms with E-state index in [1.54, 1.807) is 25.7 Å². The van der Waals surface area contributed by atoms with Gasteiger partial charge in [-0.3, -0.25) is 19.4 Å². The number of carbonyl (C=O) groups is 3. The number of carbonyl (C=O) groups excluding carboxylic acids is 3. The lowest BCUT2D eigenvalue weighted by atomic mass is 9.80. The Hall–Kier alpha value is -2.73. The van der Waals surface area contributed by atoms with Crippen molar-refractivity contribution in [2.45, 2.75) is 115 Å². The second-order valence-electron chi connectivity index (χ2n) is 14.9. The predicted octanol–water partition coefficient (Wildman–Crippen LogP) is 3.93. The molecule has 3 aliphatic rings. The molecule has 3 amide bonds. The molecular formula is C37H61N5O6. The Morgan fingerprint density at radius 3 is 2.31 bits per heavy atom. The molecule has 1 aromatic rings. The summed E-state index contributed by atoms with van der Waals surface area (Å²) in [6.45, 7) is 14.0. The highest BCUT2D eigenvalue weighted by Crippen LogP contribution is 2.34. The third-order valence-electron chi connectivity index (χ3n) is 10.1. The Kier molecular flexibility index (Phi) is 14.5. The number of likely N-dealkylation sites (tertiary alicyclic amines) is 1. The summed E-state index contributed by atoms with van der Waals surface area (Å²) in [4.78, 5) is 48.9. The minimum Gasteiger partial charge on any atom is -0.444 e. The van der Waals surface area contributed by atoms with E-state index < -0.39 is 35.3 Å². The van der Waals surface area contributed by atoms with Crippen molar-refractivity contribution < 1.29 is 29.0 Å². The molecule has 0 radical (unpaired) electrons. The number of nitrogens with one attached hydrogen (secondary N) is 2. The number of alkyl carbamates (subject to hydrolysis) is 1. The van der Waals surface area contributed by atoms with Crippen LogP contribution in [0, 0.1) is 5.92 Å². The maximum absolute atomic E-state index is 14.9. The zero-order valence-corrected chi connectivity index (χ0v) is 29.9. The summed E-state index contributed by atoms with van der Waals surface area (Å²) in [6, 6.07) is 9.07. The van der Waals surface area contributed by atoms with Crippen molar-refractivity contribution in [2.24, 2.45) is 5.92 Å². The Morgan fingerprint density at radius 1 is 1.02 bits per heavy atom. The maximum Gasteiger partial charge on any atom is 0.408 e. The van der Waals surface area contributed by atoms with Crippen LogP contribution in [-0.2, 0) is 25.6 Å². The maximum atomic E-state index is 14.9. The molecule has 0 aromatic heterocycles. The van der Waals surface area contributed by atoms with Gasteiger partial charge in [0.1, 0.15) is 17.2 Å². The summed E-state index contributed by atoms with van der Waals surface area (Å²) >= 11 is 0. The highest BCUT2D eigenvalue weighted by Gasteiger charge is 2.51. The quantitative estimate of drug-likeness (QED) is 0.272. The first-order valence-corrected chi connectivity index (χ1v) is 18.4. The van der Waals surface area contributed by atoms with Crippen molar-refractivity contribution in [2.75, 3.05) is 59.0 Å². The third kappa shape index (κ3) is 10.9. The molecule has 1 saturated carbocycles. The molecule has 4 rings (SSSR count). The van der Waals surface area contributed by atoms with Gasteiger partial charge in [0, 0.05) is 52.4 Å². The summed E-state index contributed by atoms with van der Waals surface area (Å²) < 4.78 is 11.1. The number of hydrogen-bond donors (Lipinski definition) is 3. The molecule has 2 saturated heterocycles. The lowest BCUT2D eigenvalue weighted by Crippen LogP contribution is -2.69. The summed E-state index contributed by atoms with van der Waals surface area (Å²) in [6.07, 6.45) is 5.22. The van der Waals surface area contributed by atoms with Crippen LogP contribution >= 0.6 is 0 Å². The largest absolute Gasteiger partial charge is 0.444 e. The standard InChI is InChI=1S/C37H61N5O6/c1-5-6-20-42(33(44)31(39-35(46)48-36(2,3)4)32(43)30-15-11-8-12-16-30)37(34(45)38-19-23-40-24-26-47-27-25-40)17-21-41(22-18-37)28-29-13-9-7-10-14-29/h7,9-10,13-14,30-32,43H,5-6,8,11-12,15-28H2,1-4H3,(H,38,45)(H,39,46)/t31-,32-/m1/s1. The molecule has 11 heteroatoms. The molecule has 0 unspecified atom stereocenters. The average Bonchev–Trinajstić information content (AvgIpc) is 3.08. The molecule has 2 aliphatic heterocycles. The first-order chi connectivity index (χ1) is 23.0. The normalized spacial score (nSPS) is 20.8. The fraction of sp³-hybridized carbons (Fsp3) is 0.757. The lowest BCUT2D eigenvalue weighted by molar-refractivity contribution is -0.156. The van der Waals surface area contributed by atoms with E-state index in [9.17, 15) is 19.5 Å². The van der Waals surface area contributed by atoms with Gasteiger partial charge in [0.2, 0.25) is 11.8 Å². The number of ether oxygens (including phenoxy) is 2. The first-order valence-electron chi connectivity index (χ1n) is 18.4. The topological polar surface area (TPSA) is 124 Å². The van der Waals surface area contributed by atoms with Crippen molar-refractivity contribution in [1.82, 2.24) is 25.3 Å². The molecule has 0 bridgehead atoms. The fourth-order valence-electron chi connectivity index (χ4n) is 7.35. The van der Waals surface area contributed by atoms with Crippen LogP contribution in [0.3, 0.4) is 0 Å². The van der Waals surface area contributed by atoms with E-state index in [4.69, 9.17) is 9.47 Å². The zero-order valence-electron chi connectivity index (χ0n) is 29.9. The number of amides is 3. The van der Waals surface area contributed by atoms with Crippen molar-refractivity contribution in [3.8, 4) is 0 Å². The van der Waals surface area contributed by atoms with Gasteiger partial charge in [0.25, 0.3) is 0 Å². The van der Waals surface area contributed by atoms with E-state index in [0.29, 0.717) is 65.2 Å². The van der Waals surface area contributed by atoms with Crippen LogP contribution in [0.5, 0.6) is 0 Å². The van der Waals surface area contributed by atoms with Crippen molar-refractivity contribution in [3.63, 3.8) is 0 Å². The fourth-order valence-corrected chi connectivity index (χ4v) is 7.35. The minimum atomic E-state index is -1.22. The van der Waals surface area contributed by atoms with Crippen LogP contribution < -0.4 is 10.6 Å². The summed E-state index contributed by atoms with van der Waals surface area (Å²) in [7, 11) is 0. The zero-order chi connectivity index (χ0) is 34.6. The van der Waals surface area contributed by atoms with Crippen molar-refractivity contribution in [1.29, 1.82) is 0 Å². The second-order valence-corrected chi connectivity index (χ2v) is 14.9. The minimum absolute atomic E-state index is 0.123. The Balaban J connectivity index is 1.62. The molecule has 11 nitrogen and oxygen atoms in total. The van der Waals surface area contributed by atoms with Gasteiger partial charge < -0.3 is 30.1 Å². The first kappa shape index (κ1) is 38.1. The highest BCUT2D eigenvalue weighted by atomic mass is 16.6. The lowest BCUT2D eigenvalue weighted by Gasteiger charge is -2.49. The highest BCUT2D eigenvalue weighted by molar-refractivity contribution is 5.94. The molecule has 0 spiro atoms. The molecule has 3 fully saturated rings. The van der Waals surface area contributed by atoms with Gasteiger partial charge in [0.05, 0.1) is 19.3 Å². The number of hydrogen-bond acceptors (Lipinski definition) is 8.